The summed E-state index contributed by atoms with van der Waals surface area (Å²) < 4.78 is 31.0. The van der Waals surface area contributed by atoms with Crippen LogP contribution in [0.15, 0.2) is 0 Å². The van der Waals surface area contributed by atoms with Crippen molar-refractivity contribution in [2.75, 3.05) is 0 Å². The number of hydrogen-bond acceptors (Lipinski definition) is 6. The number of amides is 2. The van der Waals surface area contributed by atoms with Crippen LogP contribution < -0.4 is 0 Å². The molecule has 1 heterocycles. The molecule has 0 aromatic carbocycles. The SMILES string of the molecule is O=C(O)CCCCCC(C(=O)O)N1C(=O)CC(S(=O)(=O)O)C1=O. The van der Waals surface area contributed by atoms with Crippen LogP contribution in [0, 0.1) is 0 Å². The number of imide groups is 1. The summed E-state index contributed by atoms with van der Waals surface area (Å²) in [6, 6.07) is -1.54. The molecule has 3 N–H and O–H groups in total. The van der Waals surface area contributed by atoms with Crippen molar-refractivity contribution >= 4 is 33.9 Å². The molecule has 2 atom stereocenters. The molecule has 1 saturated heterocycles. The first-order chi connectivity index (χ1) is 10.6. The maximum Gasteiger partial charge on any atom is 0.326 e. The third-order valence-electron chi connectivity index (χ3n) is 3.47. The molecule has 2 unspecified atom stereocenters. The zero-order chi connectivity index (χ0) is 17.8. The summed E-state index contributed by atoms with van der Waals surface area (Å²) in [7, 11) is -4.79. The molecule has 1 aliphatic heterocycles. The van der Waals surface area contributed by atoms with Gasteiger partial charge in [0.25, 0.3) is 16.0 Å². The third-order valence-corrected chi connectivity index (χ3v) is 4.55. The van der Waals surface area contributed by atoms with Gasteiger partial charge in [0.15, 0.2) is 5.25 Å². The molecule has 11 heteroatoms. The van der Waals surface area contributed by atoms with E-state index in [4.69, 9.17) is 14.8 Å². The lowest BCUT2D eigenvalue weighted by Gasteiger charge is -2.22. The molecular formula is C12H17NO9S. The Bertz CT molecular complexity index is 612. The number of carboxylic acid groups (broad SMARTS) is 2. The topological polar surface area (TPSA) is 166 Å². The highest BCUT2D eigenvalue weighted by atomic mass is 32.2. The molecule has 0 saturated carbocycles. The van der Waals surface area contributed by atoms with Gasteiger partial charge in [-0.3, -0.25) is 23.8 Å². The summed E-state index contributed by atoms with van der Waals surface area (Å²) in [4.78, 5) is 45.6. The molecule has 0 aromatic rings. The lowest BCUT2D eigenvalue weighted by molar-refractivity contribution is -0.154. The van der Waals surface area contributed by atoms with Gasteiger partial charge in [-0.15, -0.1) is 0 Å². The lowest BCUT2D eigenvalue weighted by Crippen LogP contribution is -2.46. The Morgan fingerprint density at radius 2 is 1.78 bits per heavy atom. The van der Waals surface area contributed by atoms with Crippen LogP contribution in [0.5, 0.6) is 0 Å². The molecule has 1 fully saturated rings. The number of nitrogens with zero attached hydrogens (tertiary/aromatic N) is 1. The Morgan fingerprint density at radius 3 is 2.22 bits per heavy atom. The smallest absolute Gasteiger partial charge is 0.326 e. The number of carbonyl (C=O) groups is 4. The molecule has 2 amide bonds. The van der Waals surface area contributed by atoms with Crippen molar-refractivity contribution in [3.8, 4) is 0 Å². The minimum absolute atomic E-state index is 0.0792. The molecule has 10 nitrogen and oxygen atoms in total. The second-order valence-corrected chi connectivity index (χ2v) is 6.76. The van der Waals surface area contributed by atoms with Crippen molar-refractivity contribution in [3.05, 3.63) is 0 Å². The van der Waals surface area contributed by atoms with E-state index in [1.54, 1.807) is 0 Å². The van der Waals surface area contributed by atoms with Crippen molar-refractivity contribution in [3.63, 3.8) is 0 Å². The van der Waals surface area contributed by atoms with E-state index in [1.165, 1.54) is 0 Å². The molecular weight excluding hydrogens is 334 g/mol. The highest BCUT2D eigenvalue weighted by Crippen LogP contribution is 2.24. The number of aliphatic carboxylic acids is 2. The molecule has 1 aliphatic rings. The van der Waals surface area contributed by atoms with E-state index >= 15 is 0 Å². The fourth-order valence-corrected chi connectivity index (χ4v) is 3.06. The minimum Gasteiger partial charge on any atom is -0.481 e. The third kappa shape index (κ3) is 4.99. The first-order valence-corrected chi connectivity index (χ1v) is 8.32. The number of rotatable bonds is 9. The number of hydrogen-bond donors (Lipinski definition) is 3. The maximum atomic E-state index is 11.9. The van der Waals surface area contributed by atoms with Crippen LogP contribution in [-0.4, -0.2) is 63.1 Å². The van der Waals surface area contributed by atoms with Crippen LogP contribution in [0.2, 0.25) is 0 Å². The zero-order valence-corrected chi connectivity index (χ0v) is 12.9. The summed E-state index contributed by atoms with van der Waals surface area (Å²) in [6.45, 7) is 0. The van der Waals surface area contributed by atoms with Crippen molar-refractivity contribution in [1.82, 2.24) is 4.90 Å². The van der Waals surface area contributed by atoms with Crippen LogP contribution >= 0.6 is 0 Å². The van der Waals surface area contributed by atoms with Gasteiger partial charge in [0, 0.05) is 6.42 Å². The largest absolute Gasteiger partial charge is 0.481 e. The van der Waals surface area contributed by atoms with Crippen molar-refractivity contribution in [1.29, 1.82) is 0 Å². The van der Waals surface area contributed by atoms with E-state index < -0.39 is 51.6 Å². The monoisotopic (exact) mass is 351 g/mol. The fourth-order valence-electron chi connectivity index (χ4n) is 2.34. The number of likely N-dealkylation sites (tertiary alicyclic amines) is 1. The standard InChI is InChI=1S/C12H17NO9S/c14-9-6-8(23(20,21)22)11(17)13(9)7(12(18)19)4-2-1-3-5-10(15)16/h7-8H,1-6H2,(H,15,16)(H,18,19)(H,20,21,22). The lowest BCUT2D eigenvalue weighted by atomic mass is 10.1. The van der Waals surface area contributed by atoms with Gasteiger partial charge in [0.2, 0.25) is 5.91 Å². The first kappa shape index (κ1) is 19.0. The van der Waals surface area contributed by atoms with E-state index in [0.29, 0.717) is 17.7 Å². The molecule has 0 aliphatic carbocycles. The van der Waals surface area contributed by atoms with Gasteiger partial charge in [-0.2, -0.15) is 8.42 Å². The fraction of sp³-hybridized carbons (Fsp3) is 0.667. The van der Waals surface area contributed by atoms with Crippen LogP contribution in [0.25, 0.3) is 0 Å². The van der Waals surface area contributed by atoms with E-state index in [9.17, 15) is 27.6 Å². The van der Waals surface area contributed by atoms with E-state index in [-0.39, 0.29) is 19.3 Å². The van der Waals surface area contributed by atoms with Crippen LogP contribution in [0.3, 0.4) is 0 Å². The van der Waals surface area contributed by atoms with Gasteiger partial charge < -0.3 is 10.2 Å². The molecule has 0 aromatic heterocycles. The summed E-state index contributed by atoms with van der Waals surface area (Å²) in [5, 5.41) is 15.7. The predicted molar refractivity (Wildman–Crippen MR) is 74.0 cm³/mol. The number of unbranched alkanes of at least 4 members (excludes halogenated alkanes) is 2. The van der Waals surface area contributed by atoms with E-state index in [2.05, 4.69) is 0 Å². The average molecular weight is 351 g/mol. The van der Waals surface area contributed by atoms with Gasteiger partial charge in [-0.25, -0.2) is 4.79 Å². The molecule has 130 valence electrons. The van der Waals surface area contributed by atoms with Crippen LogP contribution in [-0.2, 0) is 29.3 Å². The van der Waals surface area contributed by atoms with Gasteiger partial charge in [0.1, 0.15) is 6.04 Å². The minimum atomic E-state index is -4.79. The molecule has 1 rings (SSSR count). The van der Waals surface area contributed by atoms with Crippen molar-refractivity contribution < 1.29 is 42.4 Å². The van der Waals surface area contributed by atoms with Crippen molar-refractivity contribution in [2.24, 2.45) is 0 Å². The van der Waals surface area contributed by atoms with Crippen molar-refractivity contribution in [2.45, 2.75) is 49.8 Å². The molecule has 0 bridgehead atoms. The first-order valence-electron chi connectivity index (χ1n) is 6.82. The molecule has 23 heavy (non-hydrogen) atoms. The van der Waals surface area contributed by atoms with Crippen LogP contribution in [0.1, 0.15) is 38.5 Å². The quantitative estimate of drug-likeness (QED) is 0.281. The molecule has 0 spiro atoms. The highest BCUT2D eigenvalue weighted by Gasteiger charge is 2.49. The Balaban J connectivity index is 2.74. The normalized spacial score (nSPS) is 19.9. The second-order valence-electron chi connectivity index (χ2n) is 5.16. The summed E-state index contributed by atoms with van der Waals surface area (Å²) >= 11 is 0. The van der Waals surface area contributed by atoms with E-state index in [0.717, 1.165) is 0 Å². The average Bonchev–Trinajstić information content (AvgIpc) is 2.69. The summed E-state index contributed by atoms with van der Waals surface area (Å²) in [5.41, 5.74) is 0. The summed E-state index contributed by atoms with van der Waals surface area (Å²) in [6.07, 6.45) is -0.0433. The highest BCUT2D eigenvalue weighted by molar-refractivity contribution is 7.87. The van der Waals surface area contributed by atoms with Gasteiger partial charge in [0.05, 0.1) is 6.42 Å². The van der Waals surface area contributed by atoms with Gasteiger partial charge >= 0.3 is 11.9 Å². The Morgan fingerprint density at radius 1 is 1.17 bits per heavy atom. The molecule has 0 radical (unpaired) electrons. The van der Waals surface area contributed by atoms with Gasteiger partial charge in [-0.1, -0.05) is 12.8 Å². The Labute approximate surface area is 131 Å². The predicted octanol–water partition coefficient (Wildman–Crippen LogP) is -0.510. The number of carboxylic acids is 2. The van der Waals surface area contributed by atoms with Crippen LogP contribution in [0.4, 0.5) is 0 Å². The second kappa shape index (κ2) is 7.51. The zero-order valence-electron chi connectivity index (χ0n) is 12.0. The Kier molecular flexibility index (Phi) is 6.21. The van der Waals surface area contributed by atoms with Gasteiger partial charge in [-0.05, 0) is 12.8 Å². The van der Waals surface area contributed by atoms with E-state index in [1.807, 2.05) is 0 Å². The summed E-state index contributed by atoms with van der Waals surface area (Å²) in [5.74, 6) is -4.69. The Hall–Kier alpha value is -2.01. The maximum absolute atomic E-state index is 11.9. The number of carbonyl (C=O) groups excluding carboxylic acids is 2.